The van der Waals surface area contributed by atoms with E-state index in [1.807, 2.05) is 11.8 Å². The number of likely N-dealkylation sites (tertiary alicyclic amines) is 1. The number of carbonyl (C=O) groups is 2. The number of rotatable bonds is 5. The second kappa shape index (κ2) is 6.14. The van der Waals surface area contributed by atoms with E-state index in [-0.39, 0.29) is 11.9 Å². The Hall–Kier alpha value is -1.43. The lowest BCUT2D eigenvalue weighted by atomic mass is 10.4. The third-order valence-corrected chi connectivity index (χ3v) is 4.27. The van der Waals surface area contributed by atoms with E-state index in [2.05, 4.69) is 4.98 Å². The molecule has 19 heavy (non-hydrogen) atoms. The Kier molecular flexibility index (Phi) is 4.52. The summed E-state index contributed by atoms with van der Waals surface area (Å²) < 4.78 is 4.98. The summed E-state index contributed by atoms with van der Waals surface area (Å²) >= 11 is 1.37. The molecule has 1 fully saturated rings. The highest BCUT2D eigenvalue weighted by Crippen LogP contribution is 2.20. The van der Waals surface area contributed by atoms with Gasteiger partial charge in [0, 0.05) is 25.9 Å². The van der Waals surface area contributed by atoms with Crippen molar-refractivity contribution in [2.75, 3.05) is 19.7 Å². The van der Waals surface area contributed by atoms with Crippen molar-refractivity contribution in [1.82, 2.24) is 9.88 Å². The van der Waals surface area contributed by atoms with Gasteiger partial charge in [-0.05, 0) is 20.3 Å². The summed E-state index contributed by atoms with van der Waals surface area (Å²) in [6, 6.07) is 0. The first-order valence-corrected chi connectivity index (χ1v) is 7.34. The topological polar surface area (TPSA) is 59.5 Å². The van der Waals surface area contributed by atoms with Gasteiger partial charge >= 0.3 is 5.97 Å². The molecule has 0 spiro atoms. The number of amides is 1. The fourth-order valence-electron chi connectivity index (χ4n) is 2.12. The number of hydrogen-bond acceptors (Lipinski definition) is 5. The third-order valence-electron chi connectivity index (χ3n) is 3.07. The molecule has 0 N–H and O–H groups in total. The zero-order valence-electron chi connectivity index (χ0n) is 11.3. The van der Waals surface area contributed by atoms with Crippen molar-refractivity contribution in [3.05, 3.63) is 15.6 Å². The van der Waals surface area contributed by atoms with Crippen LogP contribution in [0.4, 0.5) is 0 Å². The highest BCUT2D eigenvalue weighted by atomic mass is 32.1. The van der Waals surface area contributed by atoms with Gasteiger partial charge in [0.1, 0.15) is 4.88 Å². The van der Waals surface area contributed by atoms with Crippen LogP contribution in [0.25, 0.3) is 0 Å². The molecular weight excluding hydrogens is 264 g/mol. The molecule has 2 heterocycles. The van der Waals surface area contributed by atoms with Gasteiger partial charge in [0.25, 0.3) is 0 Å². The van der Waals surface area contributed by atoms with E-state index < -0.39 is 0 Å². The fraction of sp³-hybridized carbons (Fsp3) is 0.615. The predicted octanol–water partition coefficient (Wildman–Crippen LogP) is 1.79. The summed E-state index contributed by atoms with van der Waals surface area (Å²) in [5.74, 6) is -0.0834. The Bertz CT molecular complexity index is 484. The van der Waals surface area contributed by atoms with Gasteiger partial charge in [0.15, 0.2) is 0 Å². The van der Waals surface area contributed by atoms with E-state index in [0.29, 0.717) is 36.6 Å². The second-order valence-electron chi connectivity index (χ2n) is 4.48. The number of nitrogens with zero attached hydrogens (tertiary/aromatic N) is 2. The third kappa shape index (κ3) is 3.32. The molecule has 0 saturated carbocycles. The first-order chi connectivity index (χ1) is 9.11. The molecule has 104 valence electrons. The van der Waals surface area contributed by atoms with Crippen LogP contribution in [0.5, 0.6) is 0 Å². The predicted molar refractivity (Wildman–Crippen MR) is 72.3 cm³/mol. The standard InChI is InChI=1S/C13H18N2O3S/c1-3-18-13(17)12-9(2)14-10(19-12)6-8-15-7-4-5-11(15)16/h3-8H2,1-2H3. The highest BCUT2D eigenvalue weighted by Gasteiger charge is 2.21. The maximum absolute atomic E-state index is 11.7. The average Bonchev–Trinajstić information content (AvgIpc) is 2.93. The van der Waals surface area contributed by atoms with Crippen LogP contribution in [-0.2, 0) is 16.0 Å². The van der Waals surface area contributed by atoms with Crippen molar-refractivity contribution < 1.29 is 14.3 Å². The van der Waals surface area contributed by atoms with Crippen molar-refractivity contribution in [3.63, 3.8) is 0 Å². The number of hydrogen-bond donors (Lipinski definition) is 0. The molecule has 1 aliphatic rings. The molecule has 0 radical (unpaired) electrons. The molecule has 5 nitrogen and oxygen atoms in total. The van der Waals surface area contributed by atoms with Crippen LogP contribution in [0.15, 0.2) is 0 Å². The summed E-state index contributed by atoms with van der Waals surface area (Å²) in [7, 11) is 0. The van der Waals surface area contributed by atoms with Crippen molar-refractivity contribution >= 4 is 23.2 Å². The fourth-order valence-corrected chi connectivity index (χ4v) is 3.06. The van der Waals surface area contributed by atoms with E-state index in [1.54, 1.807) is 6.92 Å². The van der Waals surface area contributed by atoms with E-state index >= 15 is 0 Å². The van der Waals surface area contributed by atoms with Gasteiger partial charge in [-0.15, -0.1) is 11.3 Å². The van der Waals surface area contributed by atoms with Crippen LogP contribution in [0, 0.1) is 6.92 Å². The number of carbonyl (C=O) groups excluding carboxylic acids is 2. The largest absolute Gasteiger partial charge is 0.462 e. The van der Waals surface area contributed by atoms with E-state index in [0.717, 1.165) is 18.0 Å². The molecular formula is C13H18N2O3S. The van der Waals surface area contributed by atoms with Crippen LogP contribution in [0.3, 0.4) is 0 Å². The Balaban J connectivity index is 1.96. The number of aryl methyl sites for hydroxylation is 1. The summed E-state index contributed by atoms with van der Waals surface area (Å²) in [4.78, 5) is 30.0. The Labute approximate surface area is 116 Å². The van der Waals surface area contributed by atoms with Crippen LogP contribution >= 0.6 is 11.3 Å². The number of ether oxygens (including phenoxy) is 1. The van der Waals surface area contributed by atoms with Crippen LogP contribution < -0.4 is 0 Å². The monoisotopic (exact) mass is 282 g/mol. The SMILES string of the molecule is CCOC(=O)c1sc(CCN2CCCC2=O)nc1C. The number of aromatic nitrogens is 1. The summed E-state index contributed by atoms with van der Waals surface area (Å²) in [5, 5.41) is 0.889. The first-order valence-electron chi connectivity index (χ1n) is 6.53. The molecule has 0 bridgehead atoms. The Morgan fingerprint density at radius 1 is 1.53 bits per heavy atom. The Morgan fingerprint density at radius 3 is 2.95 bits per heavy atom. The lowest BCUT2D eigenvalue weighted by Crippen LogP contribution is -2.26. The van der Waals surface area contributed by atoms with Crippen molar-refractivity contribution in [2.24, 2.45) is 0 Å². The molecule has 0 aromatic carbocycles. The molecule has 1 saturated heterocycles. The smallest absolute Gasteiger partial charge is 0.350 e. The van der Waals surface area contributed by atoms with Gasteiger partial charge in [0.05, 0.1) is 17.3 Å². The molecule has 6 heteroatoms. The summed E-state index contributed by atoms with van der Waals surface area (Å²) in [6.07, 6.45) is 2.31. The lowest BCUT2D eigenvalue weighted by molar-refractivity contribution is -0.127. The first kappa shape index (κ1) is 14.0. The normalized spacial score (nSPS) is 15.1. The maximum atomic E-state index is 11.7. The zero-order chi connectivity index (χ0) is 13.8. The lowest BCUT2D eigenvalue weighted by Gasteiger charge is -2.13. The molecule has 1 aromatic rings. The van der Waals surface area contributed by atoms with Gasteiger partial charge in [-0.1, -0.05) is 0 Å². The molecule has 1 aromatic heterocycles. The van der Waals surface area contributed by atoms with Gasteiger partial charge < -0.3 is 9.64 Å². The van der Waals surface area contributed by atoms with E-state index in [4.69, 9.17) is 4.74 Å². The van der Waals surface area contributed by atoms with Gasteiger partial charge in [-0.2, -0.15) is 0 Å². The minimum atomic E-state index is -0.305. The number of thiazole rings is 1. The van der Waals surface area contributed by atoms with Gasteiger partial charge in [-0.25, -0.2) is 9.78 Å². The molecule has 2 rings (SSSR count). The van der Waals surface area contributed by atoms with Crippen molar-refractivity contribution in [1.29, 1.82) is 0 Å². The maximum Gasteiger partial charge on any atom is 0.350 e. The summed E-state index contributed by atoms with van der Waals surface area (Å²) in [5.41, 5.74) is 0.714. The minimum absolute atomic E-state index is 0.221. The molecule has 1 amide bonds. The van der Waals surface area contributed by atoms with Gasteiger partial charge in [-0.3, -0.25) is 4.79 Å². The summed E-state index contributed by atoms with van der Waals surface area (Å²) in [6.45, 7) is 5.50. The second-order valence-corrected chi connectivity index (χ2v) is 5.56. The minimum Gasteiger partial charge on any atom is -0.462 e. The quantitative estimate of drug-likeness (QED) is 0.773. The van der Waals surface area contributed by atoms with Crippen LogP contribution in [-0.4, -0.2) is 41.5 Å². The van der Waals surface area contributed by atoms with Crippen molar-refractivity contribution in [3.8, 4) is 0 Å². The van der Waals surface area contributed by atoms with Crippen LogP contribution in [0.2, 0.25) is 0 Å². The number of esters is 1. The van der Waals surface area contributed by atoms with E-state index in [1.165, 1.54) is 11.3 Å². The van der Waals surface area contributed by atoms with E-state index in [9.17, 15) is 9.59 Å². The zero-order valence-corrected chi connectivity index (χ0v) is 12.1. The molecule has 1 aliphatic heterocycles. The average molecular weight is 282 g/mol. The van der Waals surface area contributed by atoms with Gasteiger partial charge in [0.2, 0.25) is 5.91 Å². The Morgan fingerprint density at radius 2 is 2.32 bits per heavy atom. The highest BCUT2D eigenvalue weighted by molar-refractivity contribution is 7.13. The molecule has 0 aliphatic carbocycles. The van der Waals surface area contributed by atoms with Crippen molar-refractivity contribution in [2.45, 2.75) is 33.1 Å². The van der Waals surface area contributed by atoms with Crippen LogP contribution in [0.1, 0.15) is 40.1 Å². The molecule has 0 unspecified atom stereocenters. The molecule has 0 atom stereocenters.